The molecule has 100 valence electrons. The minimum absolute atomic E-state index is 0.174. The maximum Gasteiger partial charge on any atom is 0.0577 e. The van der Waals surface area contributed by atoms with E-state index >= 15 is 0 Å². The van der Waals surface area contributed by atoms with Crippen LogP contribution >= 0.6 is 50.1 Å². The van der Waals surface area contributed by atoms with Crippen molar-refractivity contribution in [3.63, 3.8) is 0 Å². The average molecular weight is 451 g/mol. The van der Waals surface area contributed by atoms with Gasteiger partial charge in [-0.25, -0.2) is 0 Å². The molecular formula is C15H14BrClIN. The molecule has 2 rings (SSSR count). The van der Waals surface area contributed by atoms with Crippen molar-refractivity contribution in [3.8, 4) is 0 Å². The molecule has 0 saturated carbocycles. The minimum atomic E-state index is 0.174. The molecular weight excluding hydrogens is 436 g/mol. The molecule has 19 heavy (non-hydrogen) atoms. The van der Waals surface area contributed by atoms with Crippen molar-refractivity contribution < 1.29 is 0 Å². The maximum absolute atomic E-state index is 6.23. The molecule has 0 aromatic heterocycles. The van der Waals surface area contributed by atoms with E-state index in [9.17, 15) is 0 Å². The van der Waals surface area contributed by atoms with Gasteiger partial charge in [-0.2, -0.15) is 0 Å². The van der Waals surface area contributed by atoms with Crippen molar-refractivity contribution in [2.45, 2.75) is 13.0 Å². The first kappa shape index (κ1) is 15.3. The summed E-state index contributed by atoms with van der Waals surface area (Å²) in [4.78, 5) is 0. The number of rotatable bonds is 4. The van der Waals surface area contributed by atoms with Gasteiger partial charge < -0.3 is 5.32 Å². The third-order valence-corrected chi connectivity index (χ3v) is 4.99. The Kier molecular flexibility index (Phi) is 5.69. The quantitative estimate of drug-likeness (QED) is 0.615. The summed E-state index contributed by atoms with van der Waals surface area (Å²) >= 11 is 11.9. The lowest BCUT2D eigenvalue weighted by molar-refractivity contribution is 0.630. The molecule has 0 amide bonds. The highest BCUT2D eigenvalue weighted by molar-refractivity contribution is 14.1. The first-order chi connectivity index (χ1) is 9.11. The molecule has 0 spiro atoms. The lowest BCUT2D eigenvalue weighted by Crippen LogP contribution is -2.21. The van der Waals surface area contributed by atoms with Crippen molar-refractivity contribution in [3.05, 3.63) is 66.7 Å². The van der Waals surface area contributed by atoms with Gasteiger partial charge in [0.05, 0.1) is 11.1 Å². The fraction of sp³-hybridized carbons (Fsp3) is 0.200. The van der Waals surface area contributed by atoms with Crippen LogP contribution in [-0.2, 0) is 0 Å². The maximum atomic E-state index is 6.23. The Balaban J connectivity index is 2.38. The number of nitrogens with one attached hydrogen (secondary N) is 1. The molecule has 1 nitrogen and oxygen atoms in total. The molecule has 0 aliphatic heterocycles. The van der Waals surface area contributed by atoms with Crippen molar-refractivity contribution in [2.75, 3.05) is 6.54 Å². The highest BCUT2D eigenvalue weighted by Crippen LogP contribution is 2.28. The van der Waals surface area contributed by atoms with Crippen LogP contribution in [0.1, 0.15) is 24.1 Å². The predicted molar refractivity (Wildman–Crippen MR) is 93.8 cm³/mol. The lowest BCUT2D eigenvalue weighted by Gasteiger charge is -2.19. The summed E-state index contributed by atoms with van der Waals surface area (Å²) in [5, 5.41) is 4.31. The molecule has 2 aromatic rings. The molecule has 0 fully saturated rings. The van der Waals surface area contributed by atoms with Gasteiger partial charge in [-0.3, -0.25) is 0 Å². The van der Waals surface area contributed by atoms with Crippen molar-refractivity contribution in [1.82, 2.24) is 5.32 Å². The van der Waals surface area contributed by atoms with E-state index < -0.39 is 0 Å². The van der Waals surface area contributed by atoms with E-state index in [2.05, 4.69) is 87.2 Å². The monoisotopic (exact) mass is 449 g/mol. The van der Waals surface area contributed by atoms with Crippen LogP contribution in [0.15, 0.2) is 46.9 Å². The molecule has 1 N–H and O–H groups in total. The smallest absolute Gasteiger partial charge is 0.0577 e. The van der Waals surface area contributed by atoms with Crippen molar-refractivity contribution in [1.29, 1.82) is 0 Å². The molecule has 0 heterocycles. The summed E-state index contributed by atoms with van der Waals surface area (Å²) < 4.78 is 2.17. The van der Waals surface area contributed by atoms with Crippen molar-refractivity contribution in [2.24, 2.45) is 0 Å². The van der Waals surface area contributed by atoms with Crippen LogP contribution in [0, 0.1) is 3.57 Å². The Hall–Kier alpha value is -0.100. The third kappa shape index (κ3) is 3.94. The predicted octanol–water partition coefficient (Wildman–Crippen LogP) is 5.41. The molecule has 1 unspecified atom stereocenters. The summed E-state index contributed by atoms with van der Waals surface area (Å²) in [5.74, 6) is 0. The van der Waals surface area contributed by atoms with E-state index in [1.165, 1.54) is 11.1 Å². The molecule has 0 saturated heterocycles. The van der Waals surface area contributed by atoms with Gasteiger partial charge in [-0.1, -0.05) is 52.7 Å². The van der Waals surface area contributed by atoms with E-state index in [0.29, 0.717) is 0 Å². The molecule has 2 aromatic carbocycles. The van der Waals surface area contributed by atoms with Crippen molar-refractivity contribution >= 4 is 50.1 Å². The van der Waals surface area contributed by atoms with Crippen LogP contribution in [0.5, 0.6) is 0 Å². The first-order valence-electron chi connectivity index (χ1n) is 6.05. The summed E-state index contributed by atoms with van der Waals surface area (Å²) in [6.45, 7) is 3.02. The van der Waals surface area contributed by atoms with E-state index in [1.54, 1.807) is 0 Å². The van der Waals surface area contributed by atoms with E-state index in [4.69, 9.17) is 11.6 Å². The minimum Gasteiger partial charge on any atom is -0.307 e. The lowest BCUT2D eigenvalue weighted by atomic mass is 9.99. The van der Waals surface area contributed by atoms with E-state index in [0.717, 1.165) is 19.6 Å². The van der Waals surface area contributed by atoms with Gasteiger partial charge in [0.25, 0.3) is 0 Å². The topological polar surface area (TPSA) is 12.0 Å². The Morgan fingerprint density at radius 3 is 2.37 bits per heavy atom. The summed E-state index contributed by atoms with van der Waals surface area (Å²) in [6.07, 6.45) is 0. The largest absolute Gasteiger partial charge is 0.307 e. The summed E-state index contributed by atoms with van der Waals surface area (Å²) in [6, 6.07) is 14.8. The molecule has 0 radical (unpaired) electrons. The zero-order valence-corrected chi connectivity index (χ0v) is 15.0. The van der Waals surface area contributed by atoms with E-state index in [-0.39, 0.29) is 6.04 Å². The SMILES string of the molecule is CCNC(c1ccc(Br)cc1)c1ccc(I)c(Cl)c1. The Labute approximate surface area is 141 Å². The highest BCUT2D eigenvalue weighted by Gasteiger charge is 2.13. The zero-order chi connectivity index (χ0) is 13.8. The Morgan fingerprint density at radius 1 is 1.16 bits per heavy atom. The van der Waals surface area contributed by atoms with Crippen LogP contribution in [0.2, 0.25) is 5.02 Å². The fourth-order valence-electron chi connectivity index (χ4n) is 1.98. The van der Waals surface area contributed by atoms with E-state index in [1.807, 2.05) is 6.07 Å². The number of hydrogen-bond acceptors (Lipinski definition) is 1. The first-order valence-corrected chi connectivity index (χ1v) is 8.30. The Bertz CT molecular complexity index is 557. The number of halogens is 3. The molecule has 0 bridgehead atoms. The van der Waals surface area contributed by atoms with Gasteiger partial charge in [-0.15, -0.1) is 0 Å². The molecule has 0 aliphatic carbocycles. The van der Waals surface area contributed by atoms with Crippen LogP contribution in [0.3, 0.4) is 0 Å². The number of hydrogen-bond donors (Lipinski definition) is 1. The van der Waals surface area contributed by atoms with Gasteiger partial charge in [0.15, 0.2) is 0 Å². The van der Waals surface area contributed by atoms with Gasteiger partial charge >= 0.3 is 0 Å². The zero-order valence-electron chi connectivity index (χ0n) is 10.5. The van der Waals surface area contributed by atoms with Crippen LogP contribution in [0.25, 0.3) is 0 Å². The van der Waals surface area contributed by atoms with Gasteiger partial charge in [0, 0.05) is 8.04 Å². The molecule has 4 heteroatoms. The van der Waals surface area contributed by atoms with Crippen LogP contribution < -0.4 is 5.32 Å². The second-order valence-corrected chi connectivity index (χ2v) is 6.70. The second-order valence-electron chi connectivity index (χ2n) is 4.22. The Morgan fingerprint density at radius 2 is 1.79 bits per heavy atom. The fourth-order valence-corrected chi connectivity index (χ4v) is 2.77. The van der Waals surface area contributed by atoms with Gasteiger partial charge in [0.1, 0.15) is 0 Å². The number of benzene rings is 2. The average Bonchev–Trinajstić information content (AvgIpc) is 2.41. The van der Waals surface area contributed by atoms with Crippen LogP contribution in [-0.4, -0.2) is 6.54 Å². The third-order valence-electron chi connectivity index (χ3n) is 2.89. The van der Waals surface area contributed by atoms with Gasteiger partial charge in [-0.05, 0) is 64.5 Å². The van der Waals surface area contributed by atoms with Gasteiger partial charge in [0.2, 0.25) is 0 Å². The highest BCUT2D eigenvalue weighted by atomic mass is 127. The normalized spacial score (nSPS) is 12.4. The molecule has 0 aliphatic rings. The second kappa shape index (κ2) is 7.07. The molecule has 1 atom stereocenters. The van der Waals surface area contributed by atoms with Crippen LogP contribution in [0.4, 0.5) is 0 Å². The summed E-state index contributed by atoms with van der Waals surface area (Å²) in [7, 11) is 0. The standard InChI is InChI=1S/C15H14BrClIN/c1-2-19-15(10-3-6-12(16)7-4-10)11-5-8-14(18)13(17)9-11/h3-9,15,19H,2H2,1H3. The summed E-state index contributed by atoms with van der Waals surface area (Å²) in [5.41, 5.74) is 2.43.